The Morgan fingerprint density at radius 1 is 1.20 bits per heavy atom. The van der Waals surface area contributed by atoms with Crippen LogP contribution in [0.15, 0.2) is 42.5 Å². The lowest BCUT2D eigenvalue weighted by Gasteiger charge is -2.53. The minimum absolute atomic E-state index is 0.0478. The third-order valence-electron chi connectivity index (χ3n) is 6.56. The van der Waals surface area contributed by atoms with E-state index >= 15 is 0 Å². The zero-order chi connectivity index (χ0) is 21.3. The molecule has 0 bridgehead atoms. The smallest absolute Gasteiger partial charge is 0.303 e. The number of fused-ring (bicyclic) bond motifs is 4. The summed E-state index contributed by atoms with van der Waals surface area (Å²) in [7, 11) is 0. The molecule has 5 nitrogen and oxygen atoms in total. The number of nitrogens with zero attached hydrogens (tertiary/aromatic N) is 1. The Labute approximate surface area is 173 Å². The van der Waals surface area contributed by atoms with E-state index in [0.29, 0.717) is 19.4 Å². The molecule has 6 heteroatoms. The second-order valence-corrected chi connectivity index (χ2v) is 9.25. The highest BCUT2D eigenvalue weighted by Gasteiger charge is 2.55. The van der Waals surface area contributed by atoms with E-state index in [4.69, 9.17) is 4.74 Å². The lowest BCUT2D eigenvalue weighted by atomic mass is 9.62. The molecular formula is C24H24FNO4. The van der Waals surface area contributed by atoms with Crippen molar-refractivity contribution in [2.45, 2.75) is 44.1 Å². The van der Waals surface area contributed by atoms with Gasteiger partial charge in [-0.2, -0.15) is 0 Å². The van der Waals surface area contributed by atoms with Crippen LogP contribution in [0.5, 0.6) is 5.75 Å². The fourth-order valence-corrected chi connectivity index (χ4v) is 5.31. The summed E-state index contributed by atoms with van der Waals surface area (Å²) in [6, 6.07) is 11.8. The number of carboxylic acid groups (broad SMARTS) is 1. The van der Waals surface area contributed by atoms with Crippen LogP contribution in [-0.4, -0.2) is 27.4 Å². The van der Waals surface area contributed by atoms with Crippen LogP contribution in [0.2, 0.25) is 0 Å². The van der Waals surface area contributed by atoms with Crippen molar-refractivity contribution in [3.8, 4) is 11.4 Å². The summed E-state index contributed by atoms with van der Waals surface area (Å²) in [5.74, 6) is -0.886. The van der Waals surface area contributed by atoms with Crippen molar-refractivity contribution in [3.63, 3.8) is 0 Å². The first-order chi connectivity index (χ1) is 14.2. The first-order valence-corrected chi connectivity index (χ1v) is 10.2. The number of carbonyl (C=O) groups is 1. The van der Waals surface area contributed by atoms with Crippen LogP contribution >= 0.6 is 0 Å². The van der Waals surface area contributed by atoms with Gasteiger partial charge in [-0.05, 0) is 55.2 Å². The summed E-state index contributed by atoms with van der Waals surface area (Å²) < 4.78 is 22.1. The maximum atomic E-state index is 13.6. The van der Waals surface area contributed by atoms with E-state index in [9.17, 15) is 19.4 Å². The second-order valence-electron chi connectivity index (χ2n) is 9.25. The predicted octanol–water partition coefficient (Wildman–Crippen LogP) is 4.86. The van der Waals surface area contributed by atoms with Crippen molar-refractivity contribution in [1.29, 1.82) is 0 Å². The van der Waals surface area contributed by atoms with Gasteiger partial charge in [0.2, 0.25) is 0 Å². The van der Waals surface area contributed by atoms with Crippen LogP contribution < -0.4 is 0 Å². The average molecular weight is 409 g/mol. The minimum Gasteiger partial charge on any atom is -0.507 e. The Morgan fingerprint density at radius 2 is 1.90 bits per heavy atom. The monoisotopic (exact) mass is 409 g/mol. The number of hydrogen-bond acceptors (Lipinski definition) is 3. The zero-order valence-electron chi connectivity index (χ0n) is 17.0. The standard InChI is InChI=1S/C24H24FNO4/c1-23(2)13-30-24(11-14(12-24)10-19(28)29)21-20-17(4-3-5-18(20)27)26(22(21)23)16-8-6-15(25)7-9-16/h3-9,14,27H,10-13H2,1-2H3,(H,28,29)/t14-,24+. The van der Waals surface area contributed by atoms with Gasteiger partial charge >= 0.3 is 5.97 Å². The molecule has 1 aliphatic heterocycles. The Morgan fingerprint density at radius 3 is 2.57 bits per heavy atom. The number of ether oxygens (including phenoxy) is 1. The molecule has 1 saturated carbocycles. The van der Waals surface area contributed by atoms with Crippen LogP contribution in [0, 0.1) is 11.7 Å². The van der Waals surface area contributed by atoms with Gasteiger partial charge in [0.25, 0.3) is 0 Å². The Hall–Kier alpha value is -2.86. The molecule has 2 aromatic carbocycles. The van der Waals surface area contributed by atoms with Crippen molar-refractivity contribution >= 4 is 16.9 Å². The molecule has 0 amide bonds. The highest BCUT2D eigenvalue weighted by atomic mass is 19.1. The molecule has 156 valence electrons. The number of benzene rings is 2. The first kappa shape index (κ1) is 19.1. The van der Waals surface area contributed by atoms with Crippen LogP contribution in [-0.2, 0) is 20.5 Å². The zero-order valence-corrected chi connectivity index (χ0v) is 17.0. The minimum atomic E-state index is -0.803. The molecule has 1 spiro atoms. The third kappa shape index (κ3) is 2.67. The Bertz CT molecular complexity index is 1160. The number of aromatic nitrogens is 1. The van der Waals surface area contributed by atoms with Crippen molar-refractivity contribution in [2.24, 2.45) is 5.92 Å². The van der Waals surface area contributed by atoms with E-state index in [1.807, 2.05) is 6.07 Å². The normalized spacial score (nSPS) is 24.6. The third-order valence-corrected chi connectivity index (χ3v) is 6.56. The molecule has 0 radical (unpaired) electrons. The van der Waals surface area contributed by atoms with Crippen molar-refractivity contribution in [3.05, 3.63) is 59.5 Å². The van der Waals surface area contributed by atoms with Gasteiger partial charge in [0, 0.05) is 34.2 Å². The fraction of sp³-hybridized carbons (Fsp3) is 0.375. The molecule has 1 aliphatic carbocycles. The SMILES string of the molecule is CC1(C)CO[C@]2(C[C@@H](CC(=O)O)C2)c2c1n(-c1ccc(F)cc1)c1cccc(O)c12. The van der Waals surface area contributed by atoms with Gasteiger partial charge in [-0.3, -0.25) is 4.79 Å². The lowest BCUT2D eigenvalue weighted by molar-refractivity contribution is -0.167. The molecule has 5 rings (SSSR count). The van der Waals surface area contributed by atoms with Gasteiger partial charge in [-0.25, -0.2) is 4.39 Å². The van der Waals surface area contributed by atoms with Crippen LogP contribution in [0.1, 0.15) is 44.4 Å². The highest BCUT2D eigenvalue weighted by molar-refractivity contribution is 5.94. The van der Waals surface area contributed by atoms with Gasteiger partial charge in [0.05, 0.1) is 17.7 Å². The van der Waals surface area contributed by atoms with Crippen molar-refractivity contribution in [1.82, 2.24) is 4.57 Å². The summed E-state index contributed by atoms with van der Waals surface area (Å²) in [4.78, 5) is 11.2. The van der Waals surface area contributed by atoms with E-state index in [1.54, 1.807) is 24.3 Å². The quantitative estimate of drug-likeness (QED) is 0.648. The van der Waals surface area contributed by atoms with E-state index in [2.05, 4.69) is 18.4 Å². The Balaban J connectivity index is 1.79. The summed E-state index contributed by atoms with van der Waals surface area (Å²) >= 11 is 0. The van der Waals surface area contributed by atoms with Crippen LogP contribution in [0.25, 0.3) is 16.6 Å². The van der Waals surface area contributed by atoms with E-state index < -0.39 is 11.6 Å². The molecule has 30 heavy (non-hydrogen) atoms. The first-order valence-electron chi connectivity index (χ1n) is 10.2. The van der Waals surface area contributed by atoms with Gasteiger partial charge in [0.15, 0.2) is 0 Å². The predicted molar refractivity (Wildman–Crippen MR) is 111 cm³/mol. The number of carboxylic acids is 1. The maximum absolute atomic E-state index is 13.6. The number of phenols is 1. The molecular weight excluding hydrogens is 385 g/mol. The van der Waals surface area contributed by atoms with Gasteiger partial charge < -0.3 is 19.5 Å². The topological polar surface area (TPSA) is 71.7 Å². The van der Waals surface area contributed by atoms with E-state index in [0.717, 1.165) is 27.8 Å². The second kappa shape index (κ2) is 6.32. The van der Waals surface area contributed by atoms with Crippen LogP contribution in [0.3, 0.4) is 0 Å². The maximum Gasteiger partial charge on any atom is 0.303 e. The number of rotatable bonds is 3. The Kier molecular flexibility index (Phi) is 4.03. The number of phenolic OH excluding ortho intramolecular Hbond substituents is 1. The van der Waals surface area contributed by atoms with E-state index in [-0.39, 0.29) is 29.3 Å². The molecule has 3 aromatic rings. The highest BCUT2D eigenvalue weighted by Crippen LogP contribution is 2.59. The molecule has 2 aliphatic rings. The van der Waals surface area contributed by atoms with Gasteiger partial charge in [-0.15, -0.1) is 0 Å². The average Bonchev–Trinajstić information content (AvgIpc) is 3.01. The summed E-state index contributed by atoms with van der Waals surface area (Å²) in [6.07, 6.45) is 1.34. The van der Waals surface area contributed by atoms with Crippen molar-refractivity contribution < 1.29 is 24.1 Å². The van der Waals surface area contributed by atoms with E-state index in [1.165, 1.54) is 12.1 Å². The van der Waals surface area contributed by atoms with Gasteiger partial charge in [0.1, 0.15) is 11.6 Å². The number of halogens is 1. The molecule has 2 N–H and O–H groups in total. The molecule has 0 atom stereocenters. The molecule has 1 aromatic heterocycles. The number of aliphatic carboxylic acids is 1. The lowest BCUT2D eigenvalue weighted by Crippen LogP contribution is -2.51. The fourth-order valence-electron chi connectivity index (χ4n) is 5.31. The number of hydrogen-bond donors (Lipinski definition) is 2. The molecule has 1 fully saturated rings. The molecule has 0 saturated heterocycles. The van der Waals surface area contributed by atoms with Crippen molar-refractivity contribution in [2.75, 3.05) is 6.61 Å². The molecule has 2 heterocycles. The largest absolute Gasteiger partial charge is 0.507 e. The van der Waals surface area contributed by atoms with Crippen LogP contribution in [0.4, 0.5) is 4.39 Å². The summed E-state index contributed by atoms with van der Waals surface area (Å²) in [5, 5.41) is 20.8. The molecule has 0 unspecified atom stereocenters. The number of aromatic hydroxyl groups is 1. The summed E-state index contributed by atoms with van der Waals surface area (Å²) in [6.45, 7) is 4.68. The van der Waals surface area contributed by atoms with Gasteiger partial charge in [-0.1, -0.05) is 19.9 Å². The summed E-state index contributed by atoms with van der Waals surface area (Å²) in [5.41, 5.74) is 2.68.